The summed E-state index contributed by atoms with van der Waals surface area (Å²) in [5.41, 5.74) is 2.46. The Kier molecular flexibility index (Phi) is 5.42. The number of aliphatic hydroxyl groups excluding tert-OH is 1. The Morgan fingerprint density at radius 2 is 2.08 bits per heavy atom. The van der Waals surface area contributed by atoms with Crippen LogP contribution in [0.1, 0.15) is 34.8 Å². The van der Waals surface area contributed by atoms with Crippen molar-refractivity contribution in [2.75, 3.05) is 26.1 Å². The summed E-state index contributed by atoms with van der Waals surface area (Å²) in [4.78, 5) is 19.0. The molecule has 6 nitrogen and oxygen atoms in total. The SMILES string of the molecule is COc1cncc(C(NC(=O)c2cccc(N(C)C)c2)C2CC(O)C2)c1. The number of hydrogen-bond acceptors (Lipinski definition) is 5. The normalized spacial score (nSPS) is 20.0. The number of hydrogen-bond donors (Lipinski definition) is 2. The van der Waals surface area contributed by atoms with E-state index in [1.54, 1.807) is 25.6 Å². The number of methoxy groups -OCH3 is 1. The van der Waals surface area contributed by atoms with E-state index in [1.165, 1.54) is 0 Å². The highest BCUT2D eigenvalue weighted by molar-refractivity contribution is 5.95. The second-order valence-electron chi connectivity index (χ2n) is 6.94. The first kappa shape index (κ1) is 18.2. The molecule has 0 radical (unpaired) electrons. The van der Waals surface area contributed by atoms with Gasteiger partial charge in [0.25, 0.3) is 5.91 Å². The number of rotatable bonds is 6. The maximum Gasteiger partial charge on any atom is 0.251 e. The third-order valence-electron chi connectivity index (χ3n) is 4.86. The molecule has 1 aliphatic carbocycles. The van der Waals surface area contributed by atoms with Crippen LogP contribution in [0.3, 0.4) is 0 Å². The maximum atomic E-state index is 12.8. The Hall–Kier alpha value is -2.60. The van der Waals surface area contributed by atoms with Gasteiger partial charge >= 0.3 is 0 Å². The Balaban J connectivity index is 1.83. The minimum atomic E-state index is -0.296. The third kappa shape index (κ3) is 3.96. The molecule has 1 fully saturated rings. The summed E-state index contributed by atoms with van der Waals surface area (Å²) in [6.07, 6.45) is 4.42. The smallest absolute Gasteiger partial charge is 0.251 e. The Morgan fingerprint density at radius 1 is 1.31 bits per heavy atom. The number of carbonyl (C=O) groups excluding carboxylic acids is 1. The van der Waals surface area contributed by atoms with E-state index in [0.29, 0.717) is 24.2 Å². The topological polar surface area (TPSA) is 74.7 Å². The average Bonchev–Trinajstić information content (AvgIpc) is 2.63. The molecule has 2 aromatic rings. The number of carbonyl (C=O) groups is 1. The van der Waals surface area contributed by atoms with Crippen LogP contribution in [-0.2, 0) is 0 Å². The van der Waals surface area contributed by atoms with Gasteiger partial charge in [-0.25, -0.2) is 0 Å². The van der Waals surface area contributed by atoms with Gasteiger partial charge in [0.1, 0.15) is 5.75 Å². The summed E-state index contributed by atoms with van der Waals surface area (Å²) in [6, 6.07) is 9.18. The lowest BCUT2D eigenvalue weighted by atomic mass is 9.75. The lowest BCUT2D eigenvalue weighted by molar-refractivity contribution is 0.0234. The number of amides is 1. The highest BCUT2D eigenvalue weighted by Gasteiger charge is 2.36. The van der Waals surface area contributed by atoms with Crippen LogP contribution in [0.2, 0.25) is 0 Å². The Bertz CT molecular complexity index is 772. The molecule has 0 aliphatic heterocycles. The van der Waals surface area contributed by atoms with Crippen molar-refractivity contribution < 1.29 is 14.6 Å². The Labute approximate surface area is 153 Å². The third-order valence-corrected chi connectivity index (χ3v) is 4.86. The molecule has 1 amide bonds. The molecule has 0 saturated heterocycles. The summed E-state index contributed by atoms with van der Waals surface area (Å²) in [6.45, 7) is 0. The molecule has 1 aromatic carbocycles. The lowest BCUT2D eigenvalue weighted by Crippen LogP contribution is -2.41. The van der Waals surface area contributed by atoms with E-state index in [4.69, 9.17) is 4.74 Å². The van der Waals surface area contributed by atoms with Gasteiger partial charge in [-0.05, 0) is 48.6 Å². The molecule has 138 valence electrons. The summed E-state index contributed by atoms with van der Waals surface area (Å²) >= 11 is 0. The first-order chi connectivity index (χ1) is 12.5. The van der Waals surface area contributed by atoms with Gasteiger partial charge in [0.15, 0.2) is 0 Å². The number of aliphatic hydroxyl groups is 1. The van der Waals surface area contributed by atoms with E-state index in [9.17, 15) is 9.90 Å². The summed E-state index contributed by atoms with van der Waals surface area (Å²) < 4.78 is 5.26. The predicted molar refractivity (Wildman–Crippen MR) is 100 cm³/mol. The van der Waals surface area contributed by atoms with Crippen LogP contribution in [0, 0.1) is 5.92 Å². The molecule has 0 bridgehead atoms. The molecule has 1 unspecified atom stereocenters. The number of pyridine rings is 1. The van der Waals surface area contributed by atoms with Gasteiger partial charge in [-0.1, -0.05) is 6.07 Å². The van der Waals surface area contributed by atoms with Crippen molar-refractivity contribution in [3.8, 4) is 5.75 Å². The molecule has 1 aromatic heterocycles. The van der Waals surface area contributed by atoms with Gasteiger partial charge in [0, 0.05) is 31.5 Å². The van der Waals surface area contributed by atoms with E-state index in [2.05, 4.69) is 10.3 Å². The van der Waals surface area contributed by atoms with E-state index in [1.807, 2.05) is 43.3 Å². The molecule has 1 saturated carbocycles. The zero-order valence-electron chi connectivity index (χ0n) is 15.3. The number of ether oxygens (including phenoxy) is 1. The van der Waals surface area contributed by atoms with Crippen molar-refractivity contribution in [2.45, 2.75) is 25.0 Å². The number of anilines is 1. The quantitative estimate of drug-likeness (QED) is 0.832. The van der Waals surface area contributed by atoms with Crippen LogP contribution in [-0.4, -0.2) is 43.3 Å². The van der Waals surface area contributed by atoms with Crippen molar-refractivity contribution in [3.63, 3.8) is 0 Å². The van der Waals surface area contributed by atoms with Gasteiger partial charge < -0.3 is 20.1 Å². The lowest BCUT2D eigenvalue weighted by Gasteiger charge is -2.38. The molecule has 2 N–H and O–H groups in total. The van der Waals surface area contributed by atoms with Crippen molar-refractivity contribution in [2.24, 2.45) is 5.92 Å². The van der Waals surface area contributed by atoms with Crippen LogP contribution in [0.5, 0.6) is 5.75 Å². The number of aromatic nitrogens is 1. The standard InChI is InChI=1S/C20H25N3O3/c1-23(2)16-6-4-5-13(7-16)20(25)22-19(14-8-17(24)9-14)15-10-18(26-3)12-21-11-15/h4-7,10-12,14,17,19,24H,8-9H2,1-3H3,(H,22,25). The summed E-state index contributed by atoms with van der Waals surface area (Å²) in [7, 11) is 5.48. The van der Waals surface area contributed by atoms with E-state index < -0.39 is 0 Å². The summed E-state index contributed by atoms with van der Waals surface area (Å²) in [5.74, 6) is 0.694. The molecule has 1 aliphatic rings. The minimum absolute atomic E-state index is 0.136. The van der Waals surface area contributed by atoms with E-state index >= 15 is 0 Å². The van der Waals surface area contributed by atoms with Crippen molar-refractivity contribution in [1.29, 1.82) is 0 Å². The largest absolute Gasteiger partial charge is 0.495 e. The second-order valence-corrected chi connectivity index (χ2v) is 6.94. The average molecular weight is 355 g/mol. The molecule has 3 rings (SSSR count). The van der Waals surface area contributed by atoms with Gasteiger partial charge in [-0.15, -0.1) is 0 Å². The Morgan fingerprint density at radius 3 is 2.73 bits per heavy atom. The highest BCUT2D eigenvalue weighted by Crippen LogP contribution is 2.38. The van der Waals surface area contributed by atoms with Gasteiger partial charge in [-0.2, -0.15) is 0 Å². The van der Waals surface area contributed by atoms with Crippen LogP contribution in [0.4, 0.5) is 5.69 Å². The number of nitrogens with one attached hydrogen (secondary N) is 1. The molecular formula is C20H25N3O3. The fourth-order valence-corrected chi connectivity index (χ4v) is 3.24. The van der Waals surface area contributed by atoms with Crippen molar-refractivity contribution >= 4 is 11.6 Å². The summed E-state index contributed by atoms with van der Waals surface area (Å²) in [5, 5.41) is 12.8. The molecular weight excluding hydrogens is 330 g/mol. The highest BCUT2D eigenvalue weighted by atomic mass is 16.5. The second kappa shape index (κ2) is 7.74. The zero-order chi connectivity index (χ0) is 18.7. The maximum absolute atomic E-state index is 12.8. The first-order valence-corrected chi connectivity index (χ1v) is 8.73. The fraction of sp³-hybridized carbons (Fsp3) is 0.400. The van der Waals surface area contributed by atoms with Crippen molar-refractivity contribution in [1.82, 2.24) is 10.3 Å². The van der Waals surface area contributed by atoms with Crippen LogP contribution >= 0.6 is 0 Å². The fourth-order valence-electron chi connectivity index (χ4n) is 3.24. The molecule has 26 heavy (non-hydrogen) atoms. The zero-order valence-corrected chi connectivity index (χ0v) is 15.3. The first-order valence-electron chi connectivity index (χ1n) is 8.73. The predicted octanol–water partition coefficient (Wildman–Crippen LogP) is 2.40. The van der Waals surface area contributed by atoms with Gasteiger partial charge in [0.2, 0.25) is 0 Å². The number of benzene rings is 1. The van der Waals surface area contributed by atoms with Crippen LogP contribution in [0.25, 0.3) is 0 Å². The van der Waals surface area contributed by atoms with Gasteiger partial charge in [0.05, 0.1) is 25.5 Å². The van der Waals surface area contributed by atoms with E-state index in [0.717, 1.165) is 11.3 Å². The van der Waals surface area contributed by atoms with E-state index in [-0.39, 0.29) is 24.0 Å². The monoisotopic (exact) mass is 355 g/mol. The van der Waals surface area contributed by atoms with Crippen LogP contribution in [0.15, 0.2) is 42.7 Å². The molecule has 0 spiro atoms. The number of nitrogens with zero attached hydrogens (tertiary/aromatic N) is 2. The van der Waals surface area contributed by atoms with Crippen molar-refractivity contribution in [3.05, 3.63) is 53.9 Å². The van der Waals surface area contributed by atoms with Gasteiger partial charge in [-0.3, -0.25) is 9.78 Å². The minimum Gasteiger partial charge on any atom is -0.495 e. The molecule has 1 heterocycles. The molecule has 6 heteroatoms. The molecule has 1 atom stereocenters. The van der Waals surface area contributed by atoms with Crippen LogP contribution < -0.4 is 15.0 Å².